The van der Waals surface area contributed by atoms with Crippen molar-refractivity contribution in [1.29, 1.82) is 0 Å². The second-order valence-corrected chi connectivity index (χ2v) is 4.33. The van der Waals surface area contributed by atoms with Gasteiger partial charge in [-0.25, -0.2) is 0 Å². The first-order valence-corrected chi connectivity index (χ1v) is 5.30. The molecule has 1 radical (unpaired) electrons. The van der Waals surface area contributed by atoms with Crippen LogP contribution in [0, 0.1) is 13.8 Å². The lowest BCUT2D eigenvalue weighted by molar-refractivity contribution is 1.48. The monoisotopic (exact) mass is 191 g/mol. The molecular weight excluding hydrogens is 179 g/mol. The first-order chi connectivity index (χ1) is 7.24. The fourth-order valence-electron chi connectivity index (χ4n) is 2.26. The van der Waals surface area contributed by atoms with E-state index >= 15 is 0 Å². The van der Waals surface area contributed by atoms with Gasteiger partial charge in [0.25, 0.3) is 0 Å². The van der Waals surface area contributed by atoms with E-state index in [9.17, 15) is 0 Å². The fraction of sp³-hybridized carbons (Fsp3) is 0.143. The van der Waals surface area contributed by atoms with E-state index in [1.54, 1.807) is 0 Å². The van der Waals surface area contributed by atoms with E-state index < -0.39 is 0 Å². The summed E-state index contributed by atoms with van der Waals surface area (Å²) in [5.74, 6) is 0. The van der Waals surface area contributed by atoms with E-state index in [0.717, 1.165) is 0 Å². The number of aryl methyl sites for hydroxylation is 2. The summed E-state index contributed by atoms with van der Waals surface area (Å²) in [6, 6.07) is 13.3. The van der Waals surface area contributed by atoms with Crippen LogP contribution in [0.2, 0.25) is 0 Å². The molecule has 0 aromatic heterocycles. The van der Waals surface area contributed by atoms with Gasteiger partial charge in [-0.2, -0.15) is 0 Å². The molecule has 1 heterocycles. The molecular formula is C14H12B. The number of benzene rings is 2. The molecule has 15 heavy (non-hydrogen) atoms. The van der Waals surface area contributed by atoms with Crippen LogP contribution in [0.5, 0.6) is 0 Å². The van der Waals surface area contributed by atoms with Crippen molar-refractivity contribution in [3.63, 3.8) is 0 Å². The molecule has 0 nitrogen and oxygen atoms in total. The van der Waals surface area contributed by atoms with Crippen LogP contribution >= 0.6 is 0 Å². The zero-order chi connectivity index (χ0) is 10.4. The molecule has 1 aliphatic heterocycles. The number of fused-ring (bicyclic) bond motifs is 3. The van der Waals surface area contributed by atoms with Gasteiger partial charge in [0.1, 0.15) is 0 Å². The molecule has 0 saturated carbocycles. The average molecular weight is 191 g/mol. The largest absolute Gasteiger partial charge is 0.193 e. The standard InChI is InChI=1S/C14H12B/c1-9-3-5-11-12-6-4-10(2)8-14(12)15-13(11)7-9/h3-8H,1-2H3. The molecule has 0 N–H and O–H groups in total. The third kappa shape index (κ3) is 1.31. The van der Waals surface area contributed by atoms with Gasteiger partial charge in [-0.3, -0.25) is 0 Å². The molecule has 71 valence electrons. The van der Waals surface area contributed by atoms with Crippen LogP contribution in [0.15, 0.2) is 36.4 Å². The Morgan fingerprint density at radius 1 is 0.733 bits per heavy atom. The Morgan fingerprint density at radius 3 is 1.67 bits per heavy atom. The summed E-state index contributed by atoms with van der Waals surface area (Å²) < 4.78 is 0. The van der Waals surface area contributed by atoms with Gasteiger partial charge in [0, 0.05) is 0 Å². The quantitative estimate of drug-likeness (QED) is 0.476. The number of hydrogen-bond donors (Lipinski definition) is 0. The van der Waals surface area contributed by atoms with E-state index in [1.165, 1.54) is 33.2 Å². The van der Waals surface area contributed by atoms with Gasteiger partial charge in [0.15, 0.2) is 7.28 Å². The Morgan fingerprint density at radius 2 is 1.20 bits per heavy atom. The molecule has 0 aliphatic carbocycles. The summed E-state index contributed by atoms with van der Waals surface area (Å²) in [5.41, 5.74) is 8.11. The van der Waals surface area contributed by atoms with E-state index in [4.69, 9.17) is 0 Å². The zero-order valence-electron chi connectivity index (χ0n) is 9.04. The van der Waals surface area contributed by atoms with Crippen LogP contribution in [-0.4, -0.2) is 7.28 Å². The van der Waals surface area contributed by atoms with Crippen molar-refractivity contribution in [1.82, 2.24) is 0 Å². The van der Waals surface area contributed by atoms with Crippen molar-refractivity contribution >= 4 is 18.2 Å². The molecule has 1 aliphatic rings. The average Bonchev–Trinajstić information content (AvgIpc) is 2.53. The molecule has 0 fully saturated rings. The van der Waals surface area contributed by atoms with Crippen molar-refractivity contribution in [2.75, 3.05) is 0 Å². The predicted molar refractivity (Wildman–Crippen MR) is 66.4 cm³/mol. The fourth-order valence-corrected chi connectivity index (χ4v) is 2.26. The zero-order valence-corrected chi connectivity index (χ0v) is 9.04. The highest BCUT2D eigenvalue weighted by atomic mass is 14.1. The van der Waals surface area contributed by atoms with E-state index in [2.05, 4.69) is 57.5 Å². The summed E-state index contributed by atoms with van der Waals surface area (Å²) in [7, 11) is 2.28. The molecule has 0 amide bonds. The summed E-state index contributed by atoms with van der Waals surface area (Å²) in [5, 5.41) is 0. The second-order valence-electron chi connectivity index (χ2n) is 4.33. The van der Waals surface area contributed by atoms with Gasteiger partial charge in [0.05, 0.1) is 0 Å². The number of hydrogen-bond acceptors (Lipinski definition) is 0. The van der Waals surface area contributed by atoms with Crippen LogP contribution in [0.1, 0.15) is 11.1 Å². The Hall–Kier alpha value is -1.50. The first-order valence-electron chi connectivity index (χ1n) is 5.30. The minimum atomic E-state index is 1.33. The van der Waals surface area contributed by atoms with E-state index in [0.29, 0.717) is 0 Å². The summed E-state index contributed by atoms with van der Waals surface area (Å²) in [6.45, 7) is 4.28. The SMILES string of the molecule is Cc1ccc2c(c1)[B]c1cc(C)ccc1-2. The smallest absolute Gasteiger partial charge is 0.0735 e. The van der Waals surface area contributed by atoms with Crippen LogP contribution in [0.3, 0.4) is 0 Å². The maximum absolute atomic E-state index is 2.28. The molecule has 2 aromatic rings. The van der Waals surface area contributed by atoms with E-state index in [1.807, 2.05) is 0 Å². The van der Waals surface area contributed by atoms with Crippen molar-refractivity contribution in [3.8, 4) is 11.1 Å². The highest BCUT2D eigenvalue weighted by Crippen LogP contribution is 2.20. The molecule has 0 bridgehead atoms. The van der Waals surface area contributed by atoms with Gasteiger partial charge in [-0.15, -0.1) is 0 Å². The molecule has 2 aromatic carbocycles. The lowest BCUT2D eigenvalue weighted by Gasteiger charge is -2.02. The second kappa shape index (κ2) is 3.00. The Balaban J connectivity index is 2.24. The number of rotatable bonds is 0. The Labute approximate surface area is 91.2 Å². The minimum absolute atomic E-state index is 1.33. The van der Waals surface area contributed by atoms with Gasteiger partial charge in [-0.1, -0.05) is 58.5 Å². The van der Waals surface area contributed by atoms with Gasteiger partial charge in [-0.05, 0) is 25.0 Å². The third-order valence-electron chi connectivity index (χ3n) is 3.02. The van der Waals surface area contributed by atoms with Crippen LogP contribution in [0.4, 0.5) is 0 Å². The molecule has 0 unspecified atom stereocenters. The van der Waals surface area contributed by atoms with Crippen molar-refractivity contribution in [2.24, 2.45) is 0 Å². The maximum atomic E-state index is 2.28. The van der Waals surface area contributed by atoms with Crippen LogP contribution in [0.25, 0.3) is 11.1 Å². The highest BCUT2D eigenvalue weighted by Gasteiger charge is 2.18. The van der Waals surface area contributed by atoms with Gasteiger partial charge < -0.3 is 0 Å². The van der Waals surface area contributed by atoms with E-state index in [-0.39, 0.29) is 0 Å². The molecule has 3 rings (SSSR count). The molecule has 0 atom stereocenters. The lowest BCUT2D eigenvalue weighted by Crippen LogP contribution is -2.21. The van der Waals surface area contributed by atoms with Crippen molar-refractivity contribution in [3.05, 3.63) is 47.5 Å². The molecule has 1 heteroatoms. The maximum Gasteiger partial charge on any atom is 0.193 e. The lowest BCUT2D eigenvalue weighted by atomic mass is 9.67. The van der Waals surface area contributed by atoms with Gasteiger partial charge >= 0.3 is 0 Å². The highest BCUT2D eigenvalue weighted by molar-refractivity contribution is 6.73. The molecule has 0 spiro atoms. The third-order valence-corrected chi connectivity index (χ3v) is 3.02. The molecule has 0 saturated heterocycles. The van der Waals surface area contributed by atoms with Crippen molar-refractivity contribution < 1.29 is 0 Å². The summed E-state index contributed by atoms with van der Waals surface area (Å²) in [6.07, 6.45) is 0. The van der Waals surface area contributed by atoms with Crippen LogP contribution in [-0.2, 0) is 0 Å². The summed E-state index contributed by atoms with van der Waals surface area (Å²) in [4.78, 5) is 0. The summed E-state index contributed by atoms with van der Waals surface area (Å²) >= 11 is 0. The predicted octanol–water partition coefficient (Wildman–Crippen LogP) is 1.94. The van der Waals surface area contributed by atoms with Crippen molar-refractivity contribution in [2.45, 2.75) is 13.8 Å². The minimum Gasteiger partial charge on any atom is -0.0735 e. The van der Waals surface area contributed by atoms with Crippen LogP contribution < -0.4 is 10.9 Å². The van der Waals surface area contributed by atoms with Gasteiger partial charge in [0.2, 0.25) is 0 Å². The first kappa shape index (κ1) is 8.78. The Kier molecular flexibility index (Phi) is 1.75. The topological polar surface area (TPSA) is 0 Å². The Bertz CT molecular complexity index is 492. The normalized spacial score (nSPS) is 11.9.